The second-order valence-electron chi connectivity index (χ2n) is 5.29. The Bertz CT molecular complexity index is 770. The number of benzene rings is 1. The molecule has 1 aliphatic heterocycles. The number of carbonyl (C=O) groups excluding carboxylic acids is 2. The largest absolute Gasteiger partial charge is 0.454 e. The Labute approximate surface area is 137 Å². The molecule has 2 heterocycles. The highest BCUT2D eigenvalue weighted by molar-refractivity contribution is 5.89. The molecule has 0 fully saturated rings. The van der Waals surface area contributed by atoms with Crippen LogP contribution >= 0.6 is 0 Å². The van der Waals surface area contributed by atoms with Crippen molar-refractivity contribution in [2.75, 3.05) is 6.79 Å². The fraction of sp³-hybridized carbons (Fsp3) is 0.312. The van der Waals surface area contributed by atoms with Crippen LogP contribution in [0.4, 0.5) is 0 Å². The number of esters is 1. The Morgan fingerprint density at radius 1 is 1.29 bits per heavy atom. The van der Waals surface area contributed by atoms with Crippen molar-refractivity contribution in [1.29, 1.82) is 0 Å². The molecule has 2 aromatic rings. The van der Waals surface area contributed by atoms with Gasteiger partial charge in [-0.15, -0.1) is 0 Å². The van der Waals surface area contributed by atoms with E-state index in [0.717, 1.165) is 5.56 Å². The fourth-order valence-corrected chi connectivity index (χ4v) is 2.12. The Hall–Kier alpha value is -3.03. The first-order valence-corrected chi connectivity index (χ1v) is 7.33. The van der Waals surface area contributed by atoms with Crippen LogP contribution in [-0.2, 0) is 16.1 Å². The van der Waals surface area contributed by atoms with Crippen LogP contribution in [0.5, 0.6) is 11.5 Å². The lowest BCUT2D eigenvalue weighted by Gasteiger charge is -2.12. The third-order valence-corrected chi connectivity index (χ3v) is 3.39. The van der Waals surface area contributed by atoms with Gasteiger partial charge < -0.3 is 24.1 Å². The van der Waals surface area contributed by atoms with Crippen LogP contribution in [0.15, 0.2) is 28.8 Å². The molecule has 0 spiro atoms. The van der Waals surface area contributed by atoms with E-state index in [2.05, 4.69) is 10.5 Å². The highest BCUT2D eigenvalue weighted by Crippen LogP contribution is 2.32. The molecule has 1 aromatic heterocycles. The van der Waals surface area contributed by atoms with Gasteiger partial charge in [-0.05, 0) is 31.5 Å². The van der Waals surface area contributed by atoms with E-state index < -0.39 is 18.0 Å². The van der Waals surface area contributed by atoms with Crippen LogP contribution in [0.1, 0.15) is 28.7 Å². The van der Waals surface area contributed by atoms with Gasteiger partial charge in [0.05, 0.1) is 5.69 Å². The quantitative estimate of drug-likeness (QED) is 0.830. The number of fused-ring (bicyclic) bond motifs is 1. The average Bonchev–Trinajstić information content (AvgIpc) is 3.20. The van der Waals surface area contributed by atoms with Crippen molar-refractivity contribution < 1.29 is 28.3 Å². The van der Waals surface area contributed by atoms with Gasteiger partial charge in [-0.1, -0.05) is 11.2 Å². The molecule has 0 bridgehead atoms. The molecule has 1 atom stereocenters. The normalized spacial score (nSPS) is 13.4. The number of nitrogens with one attached hydrogen (secondary N) is 1. The molecule has 0 radical (unpaired) electrons. The van der Waals surface area contributed by atoms with Crippen molar-refractivity contribution in [3.05, 3.63) is 41.3 Å². The molecular formula is C16H16N2O6. The van der Waals surface area contributed by atoms with Gasteiger partial charge in [0.25, 0.3) is 5.91 Å². The predicted molar refractivity (Wildman–Crippen MR) is 80.5 cm³/mol. The van der Waals surface area contributed by atoms with Crippen molar-refractivity contribution in [2.45, 2.75) is 26.5 Å². The molecule has 126 valence electrons. The van der Waals surface area contributed by atoms with E-state index in [4.69, 9.17) is 18.7 Å². The van der Waals surface area contributed by atoms with Crippen LogP contribution in [0.25, 0.3) is 0 Å². The zero-order valence-corrected chi connectivity index (χ0v) is 13.2. The first-order valence-electron chi connectivity index (χ1n) is 7.33. The Morgan fingerprint density at radius 2 is 2.08 bits per heavy atom. The van der Waals surface area contributed by atoms with Crippen LogP contribution in [0.3, 0.4) is 0 Å². The van der Waals surface area contributed by atoms with Gasteiger partial charge in [0.1, 0.15) is 0 Å². The van der Waals surface area contributed by atoms with Gasteiger partial charge in [0.15, 0.2) is 17.6 Å². The number of carbonyl (C=O) groups is 2. The molecule has 0 aliphatic carbocycles. The summed E-state index contributed by atoms with van der Waals surface area (Å²) in [4.78, 5) is 23.8. The van der Waals surface area contributed by atoms with Gasteiger partial charge in [0.2, 0.25) is 12.6 Å². The summed E-state index contributed by atoms with van der Waals surface area (Å²) in [5.41, 5.74) is 1.40. The van der Waals surface area contributed by atoms with E-state index in [0.29, 0.717) is 17.2 Å². The second-order valence-corrected chi connectivity index (χ2v) is 5.29. The summed E-state index contributed by atoms with van der Waals surface area (Å²) in [7, 11) is 0. The van der Waals surface area contributed by atoms with Crippen molar-refractivity contribution >= 4 is 11.9 Å². The van der Waals surface area contributed by atoms with Crippen LogP contribution in [0.2, 0.25) is 0 Å². The molecule has 3 rings (SSSR count). The summed E-state index contributed by atoms with van der Waals surface area (Å²) in [5, 5.41) is 6.29. The first-order chi connectivity index (χ1) is 11.5. The molecule has 0 saturated heterocycles. The number of ether oxygens (including phenoxy) is 3. The van der Waals surface area contributed by atoms with Gasteiger partial charge in [-0.2, -0.15) is 0 Å². The van der Waals surface area contributed by atoms with Gasteiger partial charge in [0, 0.05) is 12.6 Å². The lowest BCUT2D eigenvalue weighted by molar-refractivity contribution is -0.129. The van der Waals surface area contributed by atoms with Crippen molar-refractivity contribution in [3.63, 3.8) is 0 Å². The fourth-order valence-electron chi connectivity index (χ4n) is 2.12. The van der Waals surface area contributed by atoms with E-state index in [1.54, 1.807) is 19.1 Å². The maximum Gasteiger partial charge on any atom is 0.377 e. The van der Waals surface area contributed by atoms with Crippen molar-refractivity contribution in [1.82, 2.24) is 10.5 Å². The third-order valence-electron chi connectivity index (χ3n) is 3.39. The minimum atomic E-state index is -0.961. The number of nitrogens with zero attached hydrogens (tertiary/aromatic N) is 1. The molecule has 0 unspecified atom stereocenters. The Morgan fingerprint density at radius 3 is 2.83 bits per heavy atom. The van der Waals surface area contributed by atoms with Crippen molar-refractivity contribution in [3.8, 4) is 11.5 Å². The van der Waals surface area contributed by atoms with E-state index in [1.165, 1.54) is 13.0 Å². The second kappa shape index (κ2) is 6.61. The molecule has 1 N–H and O–H groups in total. The Balaban J connectivity index is 1.52. The predicted octanol–water partition coefficient (Wildman–Crippen LogP) is 1.57. The highest BCUT2D eigenvalue weighted by Gasteiger charge is 2.21. The van der Waals surface area contributed by atoms with Crippen LogP contribution < -0.4 is 14.8 Å². The maximum atomic E-state index is 12.0. The maximum absolute atomic E-state index is 12.0. The average molecular weight is 332 g/mol. The monoisotopic (exact) mass is 332 g/mol. The number of amides is 1. The number of aryl methyl sites for hydroxylation is 1. The molecule has 1 amide bonds. The minimum absolute atomic E-state index is 0.0390. The van der Waals surface area contributed by atoms with E-state index in [9.17, 15) is 9.59 Å². The number of aromatic nitrogens is 1. The molecule has 24 heavy (non-hydrogen) atoms. The van der Waals surface area contributed by atoms with Crippen molar-refractivity contribution in [2.24, 2.45) is 0 Å². The summed E-state index contributed by atoms with van der Waals surface area (Å²) < 4.78 is 20.3. The standard InChI is InChI=1S/C16H16N2O6/c1-9-5-14(24-18-9)16(20)23-10(2)15(19)17-7-11-3-4-12-13(6-11)22-8-21-12/h3-6,10H,7-8H2,1-2H3,(H,17,19)/t10-/m1/s1. The SMILES string of the molecule is Cc1cc(C(=O)O[C@H](C)C(=O)NCc2ccc3c(c2)OCO3)on1. The highest BCUT2D eigenvalue weighted by atomic mass is 16.7. The lowest BCUT2D eigenvalue weighted by atomic mass is 10.2. The number of rotatable bonds is 5. The summed E-state index contributed by atoms with van der Waals surface area (Å²) >= 11 is 0. The zero-order valence-electron chi connectivity index (χ0n) is 13.2. The molecule has 1 aromatic carbocycles. The summed E-state index contributed by atoms with van der Waals surface area (Å²) in [6.07, 6.45) is -0.961. The zero-order chi connectivity index (χ0) is 17.1. The first kappa shape index (κ1) is 15.9. The third kappa shape index (κ3) is 3.48. The Kier molecular flexibility index (Phi) is 4.37. The summed E-state index contributed by atoms with van der Waals surface area (Å²) in [6, 6.07) is 6.83. The van der Waals surface area contributed by atoms with E-state index >= 15 is 0 Å². The molecular weight excluding hydrogens is 316 g/mol. The van der Waals surface area contributed by atoms with Gasteiger partial charge in [-0.25, -0.2) is 4.79 Å². The van der Waals surface area contributed by atoms with E-state index in [1.807, 2.05) is 6.07 Å². The van der Waals surface area contributed by atoms with Crippen LogP contribution in [-0.4, -0.2) is 29.9 Å². The van der Waals surface area contributed by atoms with Gasteiger partial charge >= 0.3 is 5.97 Å². The minimum Gasteiger partial charge on any atom is -0.454 e. The molecule has 0 saturated carbocycles. The lowest BCUT2D eigenvalue weighted by Crippen LogP contribution is -2.35. The molecule has 8 nitrogen and oxygen atoms in total. The molecule has 1 aliphatic rings. The molecule has 8 heteroatoms. The van der Waals surface area contributed by atoms with E-state index in [-0.39, 0.29) is 19.1 Å². The summed E-state index contributed by atoms with van der Waals surface area (Å²) in [5.74, 6) is 0.123. The smallest absolute Gasteiger partial charge is 0.377 e. The van der Waals surface area contributed by atoms with Crippen LogP contribution in [0, 0.1) is 6.92 Å². The van der Waals surface area contributed by atoms with Gasteiger partial charge in [-0.3, -0.25) is 4.79 Å². The number of hydrogen-bond acceptors (Lipinski definition) is 7. The number of hydrogen-bond donors (Lipinski definition) is 1. The topological polar surface area (TPSA) is 99.9 Å². The summed E-state index contributed by atoms with van der Waals surface area (Å²) in [6.45, 7) is 3.63.